The molecule has 1 aromatic heterocycles. The highest BCUT2D eigenvalue weighted by molar-refractivity contribution is 7.98. The Balaban J connectivity index is 2.31. The third-order valence-electron chi connectivity index (χ3n) is 15.7. The predicted octanol–water partition coefficient (Wildman–Crippen LogP) is -5.66. The molecule has 2 fully saturated rings. The number of nitrogens with zero attached hydrogens (tertiary/aromatic N) is 2. The summed E-state index contributed by atoms with van der Waals surface area (Å²) in [6.45, 7) is 7.80. The number of rotatable bonds is 25. The molecule has 0 spiro atoms. The number of carbonyl (C=O) groups excluding carboxylic acids is 15. The molecule has 34 heteroatoms. The maximum Gasteiger partial charge on any atom is 0.246 e. The molecule has 15 amide bonds. The molecule has 90 heavy (non-hydrogen) atoms. The molecule has 3 rings (SSSR count). The van der Waals surface area contributed by atoms with Crippen LogP contribution in [0, 0.1) is 11.8 Å². The van der Waals surface area contributed by atoms with Gasteiger partial charge in [0.1, 0.15) is 59.9 Å². The molecular weight excluding hydrogens is 1200 g/mol. The van der Waals surface area contributed by atoms with Crippen molar-refractivity contribution in [2.24, 2.45) is 34.8 Å². The lowest BCUT2D eigenvalue weighted by Gasteiger charge is -2.37. The van der Waals surface area contributed by atoms with Gasteiger partial charge in [-0.15, -0.1) is 0 Å². The SMILES string of the molecule is CC[C@H](C)[C@H](NC(=O)[C@@H]1CC(=O)NC[C@H](NC(=O)[C@H](CCSC)NC(C)=O)C(=O)N[C@@H]([C@@H](C)CC)C(=O)N[C@@H](CCCCN)C(=O)N2CCC[C@@]2(C)C(=O)N[C@@H](Cc2cnc[nH]2)C(=O)N[C@@H](CCC(N)=O)C(=O)NCC(=O)N[C@@H](CCC(N)=O)C(=O)N1)C(N)=O. The molecule has 3 heterocycles. The molecule has 2 aliphatic rings. The molecule has 0 bridgehead atoms. The largest absolute Gasteiger partial charge is 0.370 e. The molecule has 2 aliphatic heterocycles. The normalized spacial score (nSPS) is 24.5. The van der Waals surface area contributed by atoms with Gasteiger partial charge in [0.05, 0.1) is 19.3 Å². The number of aromatic nitrogens is 2. The van der Waals surface area contributed by atoms with Gasteiger partial charge in [0.15, 0.2) is 0 Å². The molecule has 0 aliphatic carbocycles. The lowest BCUT2D eigenvalue weighted by Crippen LogP contribution is -2.64. The van der Waals surface area contributed by atoms with Gasteiger partial charge in [-0.1, -0.05) is 40.5 Å². The zero-order valence-corrected chi connectivity index (χ0v) is 53.0. The maximum absolute atomic E-state index is 15.0. The van der Waals surface area contributed by atoms with Crippen LogP contribution in [0.1, 0.15) is 131 Å². The van der Waals surface area contributed by atoms with Gasteiger partial charge < -0.3 is 91.3 Å². The van der Waals surface area contributed by atoms with Crippen LogP contribution >= 0.6 is 11.8 Å². The molecule has 12 atom stereocenters. The highest BCUT2D eigenvalue weighted by Gasteiger charge is 2.49. The second-order valence-corrected chi connectivity index (χ2v) is 23.7. The van der Waals surface area contributed by atoms with Crippen molar-refractivity contribution in [2.75, 3.05) is 38.2 Å². The number of amides is 15. The Hall–Kier alpha value is -8.43. The van der Waals surface area contributed by atoms with E-state index in [1.807, 2.05) is 0 Å². The molecule has 0 radical (unpaired) electrons. The van der Waals surface area contributed by atoms with E-state index in [0.717, 1.165) is 0 Å². The van der Waals surface area contributed by atoms with Crippen LogP contribution in [0.4, 0.5) is 0 Å². The maximum atomic E-state index is 15.0. The highest BCUT2D eigenvalue weighted by Crippen LogP contribution is 2.31. The van der Waals surface area contributed by atoms with E-state index in [4.69, 9.17) is 22.9 Å². The average molecular weight is 1290 g/mol. The molecule has 1 aromatic rings. The second kappa shape index (κ2) is 37.5. The van der Waals surface area contributed by atoms with E-state index in [0.29, 0.717) is 30.7 Å². The number of primary amides is 3. The molecular formula is C56H92N18O15S. The van der Waals surface area contributed by atoms with Gasteiger partial charge >= 0.3 is 0 Å². The van der Waals surface area contributed by atoms with E-state index in [-0.39, 0.29) is 51.6 Å². The number of carbonyl (C=O) groups is 15. The zero-order chi connectivity index (χ0) is 67.4. The first-order valence-corrected chi connectivity index (χ1v) is 31.5. The minimum Gasteiger partial charge on any atom is -0.370 e. The first-order chi connectivity index (χ1) is 42.5. The first-order valence-electron chi connectivity index (χ1n) is 30.1. The molecule has 20 N–H and O–H groups in total. The summed E-state index contributed by atoms with van der Waals surface area (Å²) in [7, 11) is 0. The monoisotopic (exact) mass is 1290 g/mol. The minimum absolute atomic E-state index is 0.00195. The fourth-order valence-electron chi connectivity index (χ4n) is 9.94. The number of thioether (sulfide) groups is 1. The number of unbranched alkanes of at least 4 members (excludes halogenated alkanes) is 1. The summed E-state index contributed by atoms with van der Waals surface area (Å²) in [5.74, 6) is -15.2. The number of nitrogens with two attached hydrogens (primary N) is 4. The Bertz CT molecular complexity index is 2720. The van der Waals surface area contributed by atoms with Gasteiger partial charge in [-0.3, -0.25) is 71.9 Å². The summed E-state index contributed by atoms with van der Waals surface area (Å²) in [5.41, 5.74) is 21.0. The summed E-state index contributed by atoms with van der Waals surface area (Å²) in [5, 5.41) is 27.6. The fraction of sp³-hybridized carbons (Fsp3) is 0.679. The highest BCUT2D eigenvalue weighted by atomic mass is 32.2. The summed E-state index contributed by atoms with van der Waals surface area (Å²) < 4.78 is 0. The van der Waals surface area contributed by atoms with Crippen LogP contribution < -0.4 is 81.4 Å². The van der Waals surface area contributed by atoms with Crippen molar-refractivity contribution in [1.29, 1.82) is 0 Å². The minimum atomic E-state index is -1.93. The third-order valence-corrected chi connectivity index (χ3v) is 16.3. The molecule has 2 saturated heterocycles. The van der Waals surface area contributed by atoms with Crippen LogP contribution in [-0.4, -0.2) is 202 Å². The molecule has 0 unspecified atom stereocenters. The summed E-state index contributed by atoms with van der Waals surface area (Å²) in [4.78, 5) is 215. The Morgan fingerprint density at radius 1 is 0.756 bits per heavy atom. The van der Waals surface area contributed by atoms with Crippen LogP contribution in [0.2, 0.25) is 0 Å². The average Bonchev–Trinajstić information content (AvgIpc) is 1.67. The van der Waals surface area contributed by atoms with E-state index in [9.17, 15) is 71.9 Å². The van der Waals surface area contributed by atoms with Gasteiger partial charge in [-0.25, -0.2) is 4.98 Å². The van der Waals surface area contributed by atoms with Crippen molar-refractivity contribution in [2.45, 2.75) is 191 Å². The van der Waals surface area contributed by atoms with E-state index in [2.05, 4.69) is 68.5 Å². The number of fused-ring (bicyclic) bond motifs is 1. The second-order valence-electron chi connectivity index (χ2n) is 22.7. The molecule has 502 valence electrons. The van der Waals surface area contributed by atoms with Crippen LogP contribution in [0.5, 0.6) is 0 Å². The predicted molar refractivity (Wildman–Crippen MR) is 326 cm³/mol. The van der Waals surface area contributed by atoms with Gasteiger partial charge in [-0.05, 0) is 88.7 Å². The van der Waals surface area contributed by atoms with E-state index in [1.165, 1.54) is 43.0 Å². The first kappa shape index (κ1) is 75.8. The van der Waals surface area contributed by atoms with Gasteiger partial charge in [0.25, 0.3) is 0 Å². The van der Waals surface area contributed by atoms with Crippen LogP contribution in [-0.2, 0) is 78.3 Å². The fourth-order valence-corrected chi connectivity index (χ4v) is 10.4. The van der Waals surface area contributed by atoms with Crippen LogP contribution in [0.15, 0.2) is 12.5 Å². The topological polar surface area (TPSA) is 524 Å². The Morgan fingerprint density at radius 3 is 1.98 bits per heavy atom. The molecule has 0 saturated carbocycles. The van der Waals surface area contributed by atoms with Crippen molar-refractivity contribution < 1.29 is 71.9 Å². The number of aromatic amines is 1. The van der Waals surface area contributed by atoms with E-state index < -0.39 is 206 Å². The van der Waals surface area contributed by atoms with Gasteiger partial charge in [-0.2, -0.15) is 11.8 Å². The summed E-state index contributed by atoms with van der Waals surface area (Å²) >= 11 is 1.35. The van der Waals surface area contributed by atoms with Crippen molar-refractivity contribution >= 4 is 100 Å². The number of hydrogen-bond acceptors (Lipinski definition) is 18. The molecule has 33 nitrogen and oxygen atoms in total. The smallest absolute Gasteiger partial charge is 0.246 e. The number of H-pyrrole nitrogens is 1. The number of imidazole rings is 1. The quantitative estimate of drug-likeness (QED) is 0.0406. The summed E-state index contributed by atoms with van der Waals surface area (Å²) in [6, 6.07) is -13.9. The lowest BCUT2D eigenvalue weighted by atomic mass is 9.94. The van der Waals surface area contributed by atoms with Crippen molar-refractivity contribution in [1.82, 2.24) is 73.4 Å². The number of hydrogen-bond donors (Lipinski definition) is 16. The van der Waals surface area contributed by atoms with Crippen molar-refractivity contribution in [3.63, 3.8) is 0 Å². The van der Waals surface area contributed by atoms with E-state index in [1.54, 1.807) is 34.0 Å². The standard InChI is InChI=1S/C56H92N18O15S/c1-8-29(3)44(46(60)80)72-51(85)38-24-42(78)62-26-39(70-49(83)35(18-22-90-7)65-31(5)75)52(86)73-45(30(4)9-2)53(87)68-36(13-10-11-20-57)54(88)74-21-12-19-56(74,6)55(89)71-37(23-32-25-61-28-64-32)50(84)67-33(14-16-40(58)76)47(81)63-27-43(79)66-34(48(82)69-38)15-17-41(59)77/h25,28-30,33-39,44-45H,8-24,26-27,57H2,1-7H3,(H2,58,76)(H2,59,77)(H2,60,80)(H,61,64)(H,62,78)(H,63,81)(H,65,75)(H,66,79)(H,67,84)(H,68,87)(H,69,82)(H,70,83)(H,71,89)(H,72,85)(H,73,86)/t29-,30-,33-,34-,35-,36-,37-,38-,39-,44-,45-,56-/m0/s1. The molecule has 0 aromatic carbocycles. The Kier molecular flexibility index (Phi) is 31.6. The van der Waals surface area contributed by atoms with E-state index >= 15 is 0 Å². The third kappa shape index (κ3) is 24.2. The Morgan fingerprint density at radius 2 is 1.40 bits per heavy atom. The van der Waals surface area contributed by atoms with Crippen LogP contribution in [0.25, 0.3) is 0 Å². The lowest BCUT2D eigenvalue weighted by molar-refractivity contribution is -0.147. The van der Waals surface area contributed by atoms with Gasteiger partial charge in [0, 0.05) is 51.2 Å². The Labute approximate surface area is 526 Å². The zero-order valence-electron chi connectivity index (χ0n) is 52.2. The van der Waals surface area contributed by atoms with Crippen molar-refractivity contribution in [3.8, 4) is 0 Å². The van der Waals surface area contributed by atoms with Crippen LogP contribution in [0.3, 0.4) is 0 Å². The summed E-state index contributed by atoms with van der Waals surface area (Å²) in [6.07, 6.45) is 2.93. The van der Waals surface area contributed by atoms with Crippen molar-refractivity contribution in [3.05, 3.63) is 18.2 Å². The number of nitrogens with one attached hydrogen (secondary N) is 12. The van der Waals surface area contributed by atoms with Gasteiger partial charge in [0.2, 0.25) is 88.6 Å².